The molecule has 0 bridgehead atoms. The molecule has 1 unspecified atom stereocenters. The highest BCUT2D eigenvalue weighted by atomic mass is 16.3. The summed E-state index contributed by atoms with van der Waals surface area (Å²) in [6.07, 6.45) is 0.494. The van der Waals surface area contributed by atoms with Gasteiger partial charge in [-0.25, -0.2) is 0 Å². The molecule has 0 radical (unpaired) electrons. The first kappa shape index (κ1) is 14.1. The van der Waals surface area contributed by atoms with Crippen LogP contribution in [-0.2, 0) is 6.42 Å². The van der Waals surface area contributed by atoms with Crippen LogP contribution >= 0.6 is 0 Å². The van der Waals surface area contributed by atoms with E-state index >= 15 is 0 Å². The lowest BCUT2D eigenvalue weighted by Crippen LogP contribution is -2.42. The molecule has 0 aliphatic heterocycles. The van der Waals surface area contributed by atoms with Crippen molar-refractivity contribution in [3.63, 3.8) is 0 Å². The predicted molar refractivity (Wildman–Crippen MR) is 61.0 cm³/mol. The molecule has 3 heteroatoms. The summed E-state index contributed by atoms with van der Waals surface area (Å²) in [5, 5.41) is 9.82. The van der Waals surface area contributed by atoms with Gasteiger partial charge >= 0.3 is 0 Å². The molecule has 1 aromatic carbocycles. The van der Waals surface area contributed by atoms with Gasteiger partial charge in [-0.1, -0.05) is 30.3 Å². The molecule has 0 aromatic heterocycles. The first-order valence-electron chi connectivity index (χ1n) is 5.00. The van der Waals surface area contributed by atoms with Crippen molar-refractivity contribution in [1.82, 2.24) is 0 Å². The molecule has 0 saturated heterocycles. The van der Waals surface area contributed by atoms with Crippen molar-refractivity contribution < 1.29 is 15.1 Å². The van der Waals surface area contributed by atoms with Gasteiger partial charge in [-0.2, -0.15) is 0 Å². The minimum atomic E-state index is -0.252. The van der Waals surface area contributed by atoms with Gasteiger partial charge in [-0.3, -0.25) is 0 Å². The molecule has 3 nitrogen and oxygen atoms in total. The summed E-state index contributed by atoms with van der Waals surface area (Å²) in [5.74, 6) is 0. The monoisotopic (exact) mass is 211 g/mol. The molecule has 0 aliphatic rings. The highest BCUT2D eigenvalue weighted by molar-refractivity contribution is 5.15. The molecular formula is C12H21NO2. The Kier molecular flexibility index (Phi) is 5.50. The number of aliphatic hydroxyl groups excluding tert-OH is 1. The molecule has 0 heterocycles. The average molecular weight is 211 g/mol. The minimum absolute atomic E-state index is 0. The highest BCUT2D eigenvalue weighted by Gasteiger charge is 2.15. The molecule has 1 aromatic rings. The number of nitrogens with zero attached hydrogens (tertiary/aromatic N) is 1. The number of quaternary nitrogens is 1. The molecule has 2 N–H and O–H groups in total. The second kappa shape index (κ2) is 5.85. The summed E-state index contributed by atoms with van der Waals surface area (Å²) in [7, 11) is 6.27. The standard InChI is InChI=1S/C12H20NO.H2O/c1-13(2,3)10-12(14)9-11-7-5-4-6-8-11;/h4-8,12,14H,9-10H2,1-3H3;1H2/q+1;/p-1. The van der Waals surface area contributed by atoms with Crippen molar-refractivity contribution in [1.29, 1.82) is 0 Å². The van der Waals surface area contributed by atoms with E-state index in [1.807, 2.05) is 18.2 Å². The molecule has 0 saturated carbocycles. The Morgan fingerprint density at radius 1 is 1.13 bits per heavy atom. The van der Waals surface area contributed by atoms with Crippen LogP contribution in [0.4, 0.5) is 0 Å². The van der Waals surface area contributed by atoms with E-state index in [1.54, 1.807) is 0 Å². The van der Waals surface area contributed by atoms with Gasteiger partial charge in [0.25, 0.3) is 0 Å². The lowest BCUT2D eigenvalue weighted by molar-refractivity contribution is -0.873. The molecule has 0 fully saturated rings. The first-order chi connectivity index (χ1) is 6.47. The van der Waals surface area contributed by atoms with Crippen LogP contribution < -0.4 is 0 Å². The number of aliphatic hydroxyl groups is 1. The normalized spacial score (nSPS) is 13.1. The van der Waals surface area contributed by atoms with E-state index in [1.165, 1.54) is 5.56 Å². The van der Waals surface area contributed by atoms with Crippen LogP contribution in [-0.4, -0.2) is 48.9 Å². The summed E-state index contributed by atoms with van der Waals surface area (Å²) in [6, 6.07) is 10.1. The zero-order valence-electron chi connectivity index (χ0n) is 9.72. The molecule has 0 amide bonds. The number of rotatable bonds is 4. The second-order valence-corrected chi connectivity index (χ2v) is 4.82. The summed E-state index contributed by atoms with van der Waals surface area (Å²) in [5.41, 5.74) is 1.20. The molecule has 0 aliphatic carbocycles. The van der Waals surface area contributed by atoms with Crippen LogP contribution in [0.1, 0.15) is 5.56 Å². The Hall–Kier alpha value is -0.900. The van der Waals surface area contributed by atoms with E-state index in [4.69, 9.17) is 0 Å². The van der Waals surface area contributed by atoms with Gasteiger partial charge in [0.15, 0.2) is 0 Å². The first-order valence-corrected chi connectivity index (χ1v) is 5.00. The third-order valence-electron chi connectivity index (χ3n) is 2.07. The van der Waals surface area contributed by atoms with Crippen molar-refractivity contribution in [3.05, 3.63) is 35.9 Å². The average Bonchev–Trinajstić information content (AvgIpc) is 2.02. The topological polar surface area (TPSA) is 50.2 Å². The highest BCUT2D eigenvalue weighted by Crippen LogP contribution is 2.05. The minimum Gasteiger partial charge on any atom is -0.870 e. The summed E-state index contributed by atoms with van der Waals surface area (Å²) in [6.45, 7) is 0.787. The fraction of sp³-hybridized carbons (Fsp3) is 0.500. The Balaban J connectivity index is 0.00000196. The van der Waals surface area contributed by atoms with E-state index in [2.05, 4.69) is 33.3 Å². The van der Waals surface area contributed by atoms with Crippen molar-refractivity contribution in [2.24, 2.45) is 0 Å². The fourth-order valence-corrected chi connectivity index (χ4v) is 1.58. The van der Waals surface area contributed by atoms with Crippen molar-refractivity contribution in [2.45, 2.75) is 12.5 Å². The van der Waals surface area contributed by atoms with Gasteiger partial charge in [0.2, 0.25) is 0 Å². The van der Waals surface area contributed by atoms with Crippen molar-refractivity contribution in [2.75, 3.05) is 27.7 Å². The van der Waals surface area contributed by atoms with Crippen LogP contribution in [0.15, 0.2) is 30.3 Å². The molecule has 15 heavy (non-hydrogen) atoms. The van der Waals surface area contributed by atoms with E-state index in [9.17, 15) is 5.11 Å². The SMILES string of the molecule is C[N+](C)(C)CC(O)Cc1ccccc1.[OH-]. The summed E-state index contributed by atoms with van der Waals surface area (Å²) in [4.78, 5) is 0. The Bertz CT molecular complexity index is 267. The third-order valence-corrected chi connectivity index (χ3v) is 2.07. The maximum Gasteiger partial charge on any atom is 0.107 e. The smallest absolute Gasteiger partial charge is 0.107 e. The Morgan fingerprint density at radius 2 is 1.67 bits per heavy atom. The molecule has 0 spiro atoms. The number of likely N-dealkylation sites (N-methyl/N-ethyl adjacent to an activating group) is 1. The quantitative estimate of drug-likeness (QED) is 0.759. The number of benzene rings is 1. The van der Waals surface area contributed by atoms with Gasteiger partial charge in [0.05, 0.1) is 21.1 Å². The fourth-order valence-electron chi connectivity index (χ4n) is 1.58. The molecular weight excluding hydrogens is 190 g/mol. The summed E-state index contributed by atoms with van der Waals surface area (Å²) >= 11 is 0. The number of hydrogen-bond acceptors (Lipinski definition) is 2. The van der Waals surface area contributed by atoms with E-state index < -0.39 is 0 Å². The lowest BCUT2D eigenvalue weighted by atomic mass is 10.1. The van der Waals surface area contributed by atoms with Crippen LogP contribution in [0.2, 0.25) is 0 Å². The van der Waals surface area contributed by atoms with Gasteiger partial charge in [0, 0.05) is 6.42 Å². The zero-order chi connectivity index (χ0) is 10.6. The maximum atomic E-state index is 9.82. The van der Waals surface area contributed by atoms with Gasteiger partial charge in [0.1, 0.15) is 12.6 Å². The van der Waals surface area contributed by atoms with Crippen LogP contribution in [0.3, 0.4) is 0 Å². The molecule has 86 valence electrons. The van der Waals surface area contributed by atoms with Crippen LogP contribution in [0.5, 0.6) is 0 Å². The molecule has 1 atom stereocenters. The summed E-state index contributed by atoms with van der Waals surface area (Å²) < 4.78 is 0.800. The Morgan fingerprint density at radius 3 is 2.13 bits per heavy atom. The second-order valence-electron chi connectivity index (χ2n) is 4.82. The van der Waals surface area contributed by atoms with Gasteiger partial charge < -0.3 is 15.1 Å². The van der Waals surface area contributed by atoms with Gasteiger partial charge in [-0.05, 0) is 5.56 Å². The van der Waals surface area contributed by atoms with Gasteiger partial charge in [-0.15, -0.1) is 0 Å². The number of hydrogen-bond donors (Lipinski definition) is 1. The lowest BCUT2D eigenvalue weighted by Gasteiger charge is -2.26. The predicted octanol–water partition coefficient (Wildman–Crippen LogP) is 1.12. The zero-order valence-corrected chi connectivity index (χ0v) is 9.72. The van der Waals surface area contributed by atoms with E-state index in [0.717, 1.165) is 17.4 Å². The van der Waals surface area contributed by atoms with Crippen LogP contribution in [0.25, 0.3) is 0 Å². The van der Waals surface area contributed by atoms with E-state index in [-0.39, 0.29) is 11.6 Å². The Labute approximate surface area is 91.9 Å². The maximum absolute atomic E-state index is 9.82. The van der Waals surface area contributed by atoms with E-state index in [0.29, 0.717) is 0 Å². The molecule has 1 rings (SSSR count). The third kappa shape index (κ3) is 6.23. The van der Waals surface area contributed by atoms with Crippen molar-refractivity contribution >= 4 is 0 Å². The largest absolute Gasteiger partial charge is 0.870 e. The van der Waals surface area contributed by atoms with Crippen molar-refractivity contribution in [3.8, 4) is 0 Å². The van der Waals surface area contributed by atoms with Crippen LogP contribution in [0, 0.1) is 0 Å².